The molecule has 0 aromatic rings. The number of hydrogen-bond acceptors (Lipinski definition) is 1. The van der Waals surface area contributed by atoms with Gasteiger partial charge in [-0.25, -0.2) is 0 Å². The van der Waals surface area contributed by atoms with Crippen LogP contribution in [0.1, 0.15) is 0 Å². The second kappa shape index (κ2) is 32.9. The van der Waals surface area contributed by atoms with Crippen molar-refractivity contribution in [1.82, 2.24) is 0 Å². The van der Waals surface area contributed by atoms with Crippen LogP contribution in [-0.4, -0.2) is 35.4 Å². The van der Waals surface area contributed by atoms with Gasteiger partial charge in [0.15, 0.2) is 0 Å². The van der Waals surface area contributed by atoms with Gasteiger partial charge in [0.25, 0.3) is 0 Å². The average molecular weight is 191 g/mol. The topological polar surface area (TPSA) is 63.0 Å². The Balaban J connectivity index is 0. The average Bonchev–Trinajstić information content (AvgIpc) is 0. The van der Waals surface area contributed by atoms with Crippen molar-refractivity contribution in [2.75, 3.05) is 0 Å². The molecule has 29 valence electrons. The molecular formula is H5O2SSb-. The first-order chi connectivity index (χ1) is 0. The Morgan fingerprint density at radius 2 is 0.750 bits per heavy atom. The summed E-state index contributed by atoms with van der Waals surface area (Å²) in [6.07, 6.45) is 0. The van der Waals surface area contributed by atoms with Crippen LogP contribution in [0.15, 0.2) is 0 Å². The van der Waals surface area contributed by atoms with Crippen LogP contribution in [0, 0.1) is 0 Å². The molecule has 0 saturated carbocycles. The van der Waals surface area contributed by atoms with Crippen LogP contribution < -0.4 is 0 Å². The molecule has 0 amide bonds. The standard InChI is InChI=1S/2H2O.H2S.Sb/h3*1H2;/p-1. The summed E-state index contributed by atoms with van der Waals surface area (Å²) in [4.78, 5) is 0. The van der Waals surface area contributed by atoms with E-state index in [9.17, 15) is 0 Å². The largest absolute Gasteiger partial charge is 0.813 e. The van der Waals surface area contributed by atoms with Gasteiger partial charge in [-0.05, 0) is 0 Å². The molecule has 0 saturated heterocycles. The molecule has 0 atom stereocenters. The molecule has 4 heavy (non-hydrogen) atoms. The molecule has 0 rings (SSSR count). The molecule has 0 aliphatic rings. The van der Waals surface area contributed by atoms with Crippen molar-refractivity contribution in [2.24, 2.45) is 0 Å². The fourth-order valence-corrected chi connectivity index (χ4v) is 0. The summed E-state index contributed by atoms with van der Waals surface area (Å²) >= 11 is 0. The van der Waals surface area contributed by atoms with Crippen LogP contribution in [0.4, 0.5) is 0 Å². The first-order valence-corrected chi connectivity index (χ1v) is 0. The van der Waals surface area contributed by atoms with Gasteiger partial charge < -0.3 is 24.4 Å². The van der Waals surface area contributed by atoms with Gasteiger partial charge in [-0.1, -0.05) is 0 Å². The Labute approximate surface area is 49.1 Å². The molecule has 0 bridgehead atoms. The van der Waals surface area contributed by atoms with E-state index in [0.717, 1.165) is 0 Å². The maximum atomic E-state index is 0. The van der Waals surface area contributed by atoms with E-state index in [2.05, 4.69) is 0 Å². The van der Waals surface area contributed by atoms with E-state index in [1.807, 2.05) is 0 Å². The fraction of sp³-hybridized carbons (Fsp3) is 0. The SMILES string of the molecule is O.O.[SH-].[Sb]. The van der Waals surface area contributed by atoms with Crippen LogP contribution in [0.3, 0.4) is 0 Å². The van der Waals surface area contributed by atoms with Gasteiger partial charge in [-0.3, -0.25) is 0 Å². The molecule has 2 nitrogen and oxygen atoms in total. The minimum atomic E-state index is 0. The number of hydrogen-bond donors (Lipinski definition) is 0. The smallest absolute Gasteiger partial charge is 0 e. The summed E-state index contributed by atoms with van der Waals surface area (Å²) in [5, 5.41) is 0. The third kappa shape index (κ3) is 11.4. The first-order valence-electron chi connectivity index (χ1n) is 0. The van der Waals surface area contributed by atoms with Crippen molar-refractivity contribution in [2.45, 2.75) is 0 Å². The van der Waals surface area contributed by atoms with Gasteiger partial charge in [-0.15, -0.1) is 0 Å². The molecule has 0 aromatic carbocycles. The third-order valence-corrected chi connectivity index (χ3v) is 0. The van der Waals surface area contributed by atoms with E-state index in [4.69, 9.17) is 0 Å². The minimum Gasteiger partial charge on any atom is -0.813 e. The molecular weight excluding hydrogens is 186 g/mol. The Bertz CT molecular complexity index is 6.00. The van der Waals surface area contributed by atoms with Crippen molar-refractivity contribution >= 4 is 37.9 Å². The summed E-state index contributed by atoms with van der Waals surface area (Å²) in [6.45, 7) is 0. The second-order valence-electron chi connectivity index (χ2n) is 0. The maximum absolute atomic E-state index is 0. The Hall–Kier alpha value is 1.09. The molecule has 0 unspecified atom stereocenters. The van der Waals surface area contributed by atoms with Gasteiger partial charge in [0, 0.05) is 24.4 Å². The molecule has 0 aromatic heterocycles. The van der Waals surface area contributed by atoms with Gasteiger partial charge in [0.05, 0.1) is 0 Å². The Morgan fingerprint density at radius 3 is 0.750 bits per heavy atom. The quantitative estimate of drug-likeness (QED) is 0.241. The summed E-state index contributed by atoms with van der Waals surface area (Å²) in [5.74, 6) is 0. The summed E-state index contributed by atoms with van der Waals surface area (Å²) in [5.41, 5.74) is 0. The predicted molar refractivity (Wildman–Crippen MR) is 21.7 cm³/mol. The molecule has 4 N–H and O–H groups in total. The number of thiol groups is 1. The van der Waals surface area contributed by atoms with Crippen molar-refractivity contribution in [3.63, 3.8) is 0 Å². The monoisotopic (exact) mass is 190 g/mol. The van der Waals surface area contributed by atoms with E-state index < -0.39 is 0 Å². The zero-order valence-electron chi connectivity index (χ0n) is 1.89. The molecule has 0 heterocycles. The van der Waals surface area contributed by atoms with Gasteiger partial charge in [0.2, 0.25) is 0 Å². The van der Waals surface area contributed by atoms with Crippen LogP contribution >= 0.6 is 0 Å². The molecule has 0 fully saturated rings. The van der Waals surface area contributed by atoms with Gasteiger partial charge in [-0.2, -0.15) is 0 Å². The van der Waals surface area contributed by atoms with E-state index in [-0.39, 0.29) is 48.9 Å². The normalized spacial score (nSPS) is 0. The molecule has 0 aliphatic heterocycles. The van der Waals surface area contributed by atoms with Crippen LogP contribution in [0.5, 0.6) is 0 Å². The first kappa shape index (κ1) is 71.8. The zero-order valence-corrected chi connectivity index (χ0v) is 5.34. The third-order valence-electron chi connectivity index (χ3n) is 0. The predicted octanol–water partition coefficient (Wildman–Crippen LogP) is -2.30. The maximum Gasteiger partial charge on any atom is 0 e. The molecule has 3 radical (unpaired) electrons. The minimum absolute atomic E-state index is 0. The molecule has 0 aliphatic carbocycles. The van der Waals surface area contributed by atoms with Crippen LogP contribution in [-0.2, 0) is 13.5 Å². The Kier molecular flexibility index (Phi) is 591. The van der Waals surface area contributed by atoms with Crippen molar-refractivity contribution in [3.05, 3.63) is 0 Å². The zero-order chi connectivity index (χ0) is 0. The van der Waals surface area contributed by atoms with Gasteiger partial charge >= 0.3 is 0 Å². The van der Waals surface area contributed by atoms with Crippen LogP contribution in [0.25, 0.3) is 0 Å². The van der Waals surface area contributed by atoms with E-state index >= 15 is 0 Å². The second-order valence-corrected chi connectivity index (χ2v) is 0. The Morgan fingerprint density at radius 1 is 0.750 bits per heavy atom. The number of rotatable bonds is 0. The van der Waals surface area contributed by atoms with Crippen molar-refractivity contribution in [3.8, 4) is 0 Å². The fourth-order valence-electron chi connectivity index (χ4n) is 0. The summed E-state index contributed by atoms with van der Waals surface area (Å²) in [7, 11) is 0. The van der Waals surface area contributed by atoms with E-state index in [1.165, 1.54) is 0 Å². The molecule has 4 heteroatoms. The van der Waals surface area contributed by atoms with E-state index in [0.29, 0.717) is 0 Å². The van der Waals surface area contributed by atoms with Crippen molar-refractivity contribution in [1.29, 1.82) is 0 Å². The van der Waals surface area contributed by atoms with Crippen molar-refractivity contribution < 1.29 is 11.0 Å². The summed E-state index contributed by atoms with van der Waals surface area (Å²) in [6, 6.07) is 0. The van der Waals surface area contributed by atoms with Gasteiger partial charge in [0.1, 0.15) is 0 Å². The summed E-state index contributed by atoms with van der Waals surface area (Å²) < 4.78 is 0. The van der Waals surface area contributed by atoms with E-state index in [1.54, 1.807) is 0 Å². The molecule has 0 spiro atoms. The van der Waals surface area contributed by atoms with Crippen LogP contribution in [0.2, 0.25) is 0 Å².